The Morgan fingerprint density at radius 3 is 2.45 bits per heavy atom. The minimum absolute atomic E-state index is 0.0963. The SMILES string of the molecule is CC(C)C[C@@H](NS(=O)(=O)CCc1ccncc1)C(=O)O. The summed E-state index contributed by atoms with van der Waals surface area (Å²) in [5, 5.41) is 9.04. The summed E-state index contributed by atoms with van der Waals surface area (Å²) in [5.74, 6) is -1.19. The van der Waals surface area contributed by atoms with E-state index in [0.29, 0.717) is 6.42 Å². The molecule has 0 unspecified atom stereocenters. The van der Waals surface area contributed by atoms with Crippen LogP contribution in [-0.2, 0) is 21.2 Å². The van der Waals surface area contributed by atoms with E-state index in [1.165, 1.54) is 0 Å². The molecule has 1 rings (SSSR count). The molecule has 112 valence electrons. The maximum absolute atomic E-state index is 11.9. The van der Waals surface area contributed by atoms with Crippen LogP contribution in [0.15, 0.2) is 24.5 Å². The van der Waals surface area contributed by atoms with E-state index in [0.717, 1.165) is 5.56 Å². The highest BCUT2D eigenvalue weighted by Crippen LogP contribution is 2.07. The molecular formula is C13H20N2O4S. The molecule has 0 saturated carbocycles. The number of aryl methyl sites for hydroxylation is 1. The van der Waals surface area contributed by atoms with Gasteiger partial charge in [-0.05, 0) is 36.5 Å². The molecule has 0 amide bonds. The van der Waals surface area contributed by atoms with E-state index in [1.807, 2.05) is 13.8 Å². The number of sulfonamides is 1. The lowest BCUT2D eigenvalue weighted by Gasteiger charge is -2.16. The van der Waals surface area contributed by atoms with Crippen molar-refractivity contribution in [2.24, 2.45) is 5.92 Å². The minimum atomic E-state index is -3.62. The Morgan fingerprint density at radius 2 is 1.95 bits per heavy atom. The number of nitrogens with one attached hydrogen (secondary N) is 1. The quantitative estimate of drug-likeness (QED) is 0.748. The van der Waals surface area contributed by atoms with Crippen molar-refractivity contribution >= 4 is 16.0 Å². The summed E-state index contributed by atoms with van der Waals surface area (Å²) < 4.78 is 26.1. The van der Waals surface area contributed by atoms with E-state index >= 15 is 0 Å². The van der Waals surface area contributed by atoms with Gasteiger partial charge in [-0.3, -0.25) is 9.78 Å². The fourth-order valence-corrected chi connectivity index (χ4v) is 3.00. The average Bonchev–Trinajstić information content (AvgIpc) is 2.36. The van der Waals surface area contributed by atoms with E-state index in [1.54, 1.807) is 24.5 Å². The number of aromatic nitrogens is 1. The van der Waals surface area contributed by atoms with Crippen LogP contribution in [0.25, 0.3) is 0 Å². The third-order valence-corrected chi connectivity index (χ3v) is 4.12. The first-order chi connectivity index (χ1) is 9.30. The Labute approximate surface area is 119 Å². The highest BCUT2D eigenvalue weighted by atomic mass is 32.2. The number of carboxylic acid groups (broad SMARTS) is 1. The average molecular weight is 300 g/mol. The first-order valence-electron chi connectivity index (χ1n) is 6.42. The molecule has 0 spiro atoms. The summed E-state index contributed by atoms with van der Waals surface area (Å²) in [7, 11) is -3.62. The molecule has 1 aromatic rings. The van der Waals surface area contributed by atoms with E-state index in [-0.39, 0.29) is 18.1 Å². The first-order valence-corrected chi connectivity index (χ1v) is 8.07. The molecule has 0 fully saturated rings. The third kappa shape index (κ3) is 6.12. The second-order valence-corrected chi connectivity index (χ2v) is 6.94. The zero-order chi connectivity index (χ0) is 15.2. The van der Waals surface area contributed by atoms with Gasteiger partial charge in [0, 0.05) is 12.4 Å². The lowest BCUT2D eigenvalue weighted by Crippen LogP contribution is -2.42. The van der Waals surface area contributed by atoms with Crippen molar-refractivity contribution in [3.63, 3.8) is 0 Å². The largest absolute Gasteiger partial charge is 0.480 e. The molecule has 1 heterocycles. The molecule has 0 aliphatic carbocycles. The van der Waals surface area contributed by atoms with Crippen LogP contribution in [0.2, 0.25) is 0 Å². The fourth-order valence-electron chi connectivity index (χ4n) is 1.75. The van der Waals surface area contributed by atoms with Crippen LogP contribution in [0.4, 0.5) is 0 Å². The van der Waals surface area contributed by atoms with Gasteiger partial charge in [0.2, 0.25) is 10.0 Å². The molecular weight excluding hydrogens is 280 g/mol. The Bertz CT molecular complexity index is 529. The zero-order valence-corrected chi connectivity index (χ0v) is 12.4. The standard InChI is InChI=1S/C13H20N2O4S/c1-10(2)9-12(13(16)17)15-20(18,19)8-5-11-3-6-14-7-4-11/h3-4,6-7,10,12,15H,5,8-9H2,1-2H3,(H,16,17)/t12-/m1/s1. The normalized spacial score (nSPS) is 13.3. The predicted molar refractivity (Wildman–Crippen MR) is 75.7 cm³/mol. The molecule has 1 atom stereocenters. The van der Waals surface area contributed by atoms with Gasteiger partial charge in [-0.1, -0.05) is 13.8 Å². The smallest absolute Gasteiger partial charge is 0.321 e. The first kappa shape index (κ1) is 16.6. The highest BCUT2D eigenvalue weighted by molar-refractivity contribution is 7.89. The van der Waals surface area contributed by atoms with Crippen molar-refractivity contribution in [1.82, 2.24) is 9.71 Å². The number of carbonyl (C=O) groups is 1. The molecule has 7 heteroatoms. The summed E-state index contributed by atoms with van der Waals surface area (Å²) in [6.45, 7) is 3.70. The summed E-state index contributed by atoms with van der Waals surface area (Å²) in [6, 6.07) is 2.40. The van der Waals surface area contributed by atoms with Crippen LogP contribution in [0.5, 0.6) is 0 Å². The molecule has 6 nitrogen and oxygen atoms in total. The van der Waals surface area contributed by atoms with Gasteiger partial charge in [-0.15, -0.1) is 0 Å². The number of rotatable bonds is 8. The van der Waals surface area contributed by atoms with Crippen molar-refractivity contribution in [1.29, 1.82) is 0 Å². The van der Waals surface area contributed by atoms with E-state index in [9.17, 15) is 13.2 Å². The van der Waals surface area contributed by atoms with Crippen LogP contribution in [0.3, 0.4) is 0 Å². The number of nitrogens with zero attached hydrogens (tertiary/aromatic N) is 1. The van der Waals surface area contributed by atoms with E-state index < -0.39 is 22.0 Å². The van der Waals surface area contributed by atoms with Crippen molar-refractivity contribution in [3.05, 3.63) is 30.1 Å². The van der Waals surface area contributed by atoms with Gasteiger partial charge in [-0.25, -0.2) is 13.1 Å². The molecule has 0 aliphatic heterocycles. The zero-order valence-electron chi connectivity index (χ0n) is 11.6. The van der Waals surface area contributed by atoms with Crippen molar-refractivity contribution in [2.45, 2.75) is 32.7 Å². The summed E-state index contributed by atoms with van der Waals surface area (Å²) in [4.78, 5) is 14.9. The van der Waals surface area contributed by atoms with Crippen molar-refractivity contribution < 1.29 is 18.3 Å². The number of pyridine rings is 1. The van der Waals surface area contributed by atoms with Crippen LogP contribution in [0, 0.1) is 5.92 Å². The van der Waals surface area contributed by atoms with Gasteiger partial charge >= 0.3 is 5.97 Å². The monoisotopic (exact) mass is 300 g/mol. The van der Waals surface area contributed by atoms with Gasteiger partial charge in [0.1, 0.15) is 6.04 Å². The molecule has 0 radical (unpaired) electrons. The Kier molecular flexibility index (Phi) is 6.09. The fraction of sp³-hybridized carbons (Fsp3) is 0.538. The third-order valence-electron chi connectivity index (χ3n) is 2.74. The maximum Gasteiger partial charge on any atom is 0.321 e. The molecule has 1 aromatic heterocycles. The molecule has 0 saturated heterocycles. The number of aliphatic carboxylic acids is 1. The lowest BCUT2D eigenvalue weighted by atomic mass is 10.1. The number of hydrogen-bond donors (Lipinski definition) is 2. The second-order valence-electron chi connectivity index (χ2n) is 5.06. The van der Waals surface area contributed by atoms with Crippen LogP contribution >= 0.6 is 0 Å². The highest BCUT2D eigenvalue weighted by Gasteiger charge is 2.24. The van der Waals surface area contributed by atoms with E-state index in [4.69, 9.17) is 5.11 Å². The van der Waals surface area contributed by atoms with E-state index in [2.05, 4.69) is 9.71 Å². The van der Waals surface area contributed by atoms with Crippen LogP contribution < -0.4 is 4.72 Å². The molecule has 0 aliphatic rings. The maximum atomic E-state index is 11.9. The molecule has 0 bridgehead atoms. The lowest BCUT2D eigenvalue weighted by molar-refractivity contribution is -0.139. The molecule has 0 aromatic carbocycles. The summed E-state index contributed by atoms with van der Waals surface area (Å²) in [6.07, 6.45) is 3.78. The Balaban J connectivity index is 2.61. The topological polar surface area (TPSA) is 96.4 Å². The van der Waals surface area contributed by atoms with Crippen LogP contribution in [0.1, 0.15) is 25.8 Å². The van der Waals surface area contributed by atoms with Gasteiger partial charge in [0.25, 0.3) is 0 Å². The number of hydrogen-bond acceptors (Lipinski definition) is 4. The minimum Gasteiger partial charge on any atom is -0.480 e. The second kappa shape index (κ2) is 7.35. The Morgan fingerprint density at radius 1 is 1.35 bits per heavy atom. The summed E-state index contributed by atoms with van der Waals surface area (Å²) >= 11 is 0. The van der Waals surface area contributed by atoms with Gasteiger partial charge in [0.15, 0.2) is 0 Å². The van der Waals surface area contributed by atoms with Gasteiger partial charge in [-0.2, -0.15) is 0 Å². The van der Waals surface area contributed by atoms with Crippen molar-refractivity contribution in [2.75, 3.05) is 5.75 Å². The van der Waals surface area contributed by atoms with Crippen LogP contribution in [-0.4, -0.2) is 36.3 Å². The molecule has 2 N–H and O–H groups in total. The van der Waals surface area contributed by atoms with Gasteiger partial charge in [0.05, 0.1) is 5.75 Å². The Hall–Kier alpha value is -1.47. The number of carboxylic acids is 1. The predicted octanol–water partition coefficient (Wildman–Crippen LogP) is 1.04. The van der Waals surface area contributed by atoms with Crippen molar-refractivity contribution in [3.8, 4) is 0 Å². The van der Waals surface area contributed by atoms with Gasteiger partial charge < -0.3 is 5.11 Å². The molecule has 20 heavy (non-hydrogen) atoms. The summed E-state index contributed by atoms with van der Waals surface area (Å²) in [5.41, 5.74) is 0.848.